The molecular weight excluding hydrogens is 403 g/mol. The molecule has 1 heterocycles. The molecule has 0 saturated heterocycles. The molecule has 0 aliphatic heterocycles. The minimum absolute atomic E-state index is 0.252. The Morgan fingerprint density at radius 3 is 2.44 bits per heavy atom. The van der Waals surface area contributed by atoms with Gasteiger partial charge in [0.15, 0.2) is 5.75 Å². The van der Waals surface area contributed by atoms with Crippen molar-refractivity contribution in [2.24, 2.45) is 0 Å². The molecule has 10 heteroatoms. The van der Waals surface area contributed by atoms with Gasteiger partial charge in [-0.15, -0.1) is 11.6 Å². The number of aromatic nitrogens is 2. The summed E-state index contributed by atoms with van der Waals surface area (Å²) in [4.78, 5) is 0. The first-order valence-electron chi connectivity index (χ1n) is 8.19. The van der Waals surface area contributed by atoms with Gasteiger partial charge in [0.1, 0.15) is 0 Å². The number of sulfonamides is 1. The Kier molecular flexibility index (Phi) is 6.28. The molecule has 0 saturated carbocycles. The molecule has 0 spiro atoms. The molecule has 0 fully saturated rings. The molecule has 2 aromatic rings. The van der Waals surface area contributed by atoms with E-state index in [0.717, 1.165) is 11.3 Å². The van der Waals surface area contributed by atoms with Gasteiger partial charge in [0.05, 0.1) is 22.8 Å². The van der Waals surface area contributed by atoms with Crippen molar-refractivity contribution in [2.75, 3.05) is 5.75 Å². The van der Waals surface area contributed by atoms with E-state index in [1.165, 1.54) is 13.8 Å². The zero-order chi connectivity index (χ0) is 20.5. The van der Waals surface area contributed by atoms with Crippen molar-refractivity contribution < 1.29 is 21.6 Å². The Balaban J connectivity index is 2.37. The number of hydrogen-bond donors (Lipinski definition) is 1. The molecule has 1 aromatic heterocycles. The Hall–Kier alpha value is -1.58. The summed E-state index contributed by atoms with van der Waals surface area (Å²) in [6.45, 7) is 5.56. The Bertz CT molecular complexity index is 908. The molecular formula is C17H21ClF3N3O2S. The Morgan fingerprint density at radius 1 is 1.22 bits per heavy atom. The smallest absolute Gasteiger partial charge is 0.265 e. The highest BCUT2D eigenvalue weighted by molar-refractivity contribution is 7.89. The molecule has 0 amide bonds. The number of aryl methyl sites for hydroxylation is 1. The minimum atomic E-state index is -4.81. The molecule has 0 aliphatic rings. The van der Waals surface area contributed by atoms with E-state index in [0.29, 0.717) is 17.8 Å². The van der Waals surface area contributed by atoms with E-state index in [9.17, 15) is 21.6 Å². The maximum atomic E-state index is 12.5. The van der Waals surface area contributed by atoms with E-state index >= 15 is 0 Å². The van der Waals surface area contributed by atoms with Crippen LogP contribution in [0.5, 0.6) is 0 Å². The van der Waals surface area contributed by atoms with Crippen LogP contribution in [-0.2, 0) is 28.0 Å². The second-order valence-electron chi connectivity index (χ2n) is 6.65. The summed E-state index contributed by atoms with van der Waals surface area (Å²) < 4.78 is 65.1. The summed E-state index contributed by atoms with van der Waals surface area (Å²) in [7, 11) is -4.55. The monoisotopic (exact) mass is 423 g/mol. The highest BCUT2D eigenvalue weighted by atomic mass is 35.5. The average Bonchev–Trinajstić information content (AvgIpc) is 2.95. The summed E-state index contributed by atoms with van der Waals surface area (Å²) >= 11 is 5.84. The molecule has 5 nitrogen and oxygen atoms in total. The van der Waals surface area contributed by atoms with E-state index in [4.69, 9.17) is 11.6 Å². The van der Waals surface area contributed by atoms with Gasteiger partial charge in [-0.2, -0.15) is 18.3 Å². The molecule has 1 aromatic carbocycles. The number of alkyl halides is 4. The van der Waals surface area contributed by atoms with Crippen LogP contribution in [0, 0.1) is 0 Å². The molecule has 1 N–H and O–H groups in total. The molecule has 0 bridgehead atoms. The second-order valence-corrected chi connectivity index (χ2v) is 8.64. The summed E-state index contributed by atoms with van der Waals surface area (Å²) in [5.74, 6) is -1.67. The zero-order valence-electron chi connectivity index (χ0n) is 15.1. The van der Waals surface area contributed by atoms with Crippen molar-refractivity contribution in [2.45, 2.75) is 44.9 Å². The van der Waals surface area contributed by atoms with Crippen molar-refractivity contribution in [3.63, 3.8) is 0 Å². The van der Waals surface area contributed by atoms with E-state index in [1.54, 1.807) is 22.9 Å². The first kappa shape index (κ1) is 21.7. The number of halogens is 4. The van der Waals surface area contributed by atoms with Gasteiger partial charge in [0.25, 0.3) is 0 Å². The predicted molar refractivity (Wildman–Crippen MR) is 98.9 cm³/mol. The molecule has 0 atom stereocenters. The van der Waals surface area contributed by atoms with Crippen LogP contribution in [0.3, 0.4) is 0 Å². The van der Waals surface area contributed by atoms with Crippen molar-refractivity contribution in [1.29, 1.82) is 0 Å². The number of rotatable bonds is 7. The standard InChI is InChI=1S/C17H21ClF3N3O2S/c1-4-24-15(9-14(10-18)22-24)12-6-5-7-13(8-12)16(2,3)23-27(25,26)11-17(19,20)21/h5-9,23H,4,10-11H2,1-3H3. The van der Waals surface area contributed by atoms with Gasteiger partial charge in [-0.05, 0) is 38.5 Å². The lowest BCUT2D eigenvalue weighted by Gasteiger charge is -2.27. The molecule has 0 radical (unpaired) electrons. The fourth-order valence-corrected chi connectivity index (χ4v) is 4.30. The number of benzene rings is 1. The fourth-order valence-electron chi connectivity index (χ4n) is 2.78. The van der Waals surface area contributed by atoms with Gasteiger partial charge >= 0.3 is 6.18 Å². The maximum Gasteiger partial charge on any atom is 0.404 e. The average molecular weight is 424 g/mol. The number of nitrogens with zero attached hydrogens (tertiary/aromatic N) is 2. The van der Waals surface area contributed by atoms with Crippen LogP contribution in [0.15, 0.2) is 30.3 Å². The topological polar surface area (TPSA) is 64.0 Å². The van der Waals surface area contributed by atoms with E-state index in [1.807, 2.05) is 19.1 Å². The van der Waals surface area contributed by atoms with Crippen molar-refractivity contribution >= 4 is 21.6 Å². The SMILES string of the molecule is CCn1nc(CCl)cc1-c1cccc(C(C)(C)NS(=O)(=O)CC(F)(F)F)c1. The van der Waals surface area contributed by atoms with Gasteiger partial charge in [0, 0.05) is 12.1 Å². The summed E-state index contributed by atoms with van der Waals surface area (Å²) in [5, 5.41) is 4.36. The first-order chi connectivity index (χ1) is 12.4. The third-order valence-electron chi connectivity index (χ3n) is 3.91. The van der Waals surface area contributed by atoms with Gasteiger partial charge in [-0.25, -0.2) is 13.1 Å². The van der Waals surface area contributed by atoms with Crippen LogP contribution in [0.4, 0.5) is 13.2 Å². The van der Waals surface area contributed by atoms with E-state index in [2.05, 4.69) is 9.82 Å². The second kappa shape index (κ2) is 7.81. The molecule has 150 valence electrons. The Morgan fingerprint density at radius 2 is 1.89 bits per heavy atom. The quantitative estimate of drug-likeness (QED) is 0.684. The molecule has 27 heavy (non-hydrogen) atoms. The summed E-state index contributed by atoms with van der Waals surface area (Å²) in [6.07, 6.45) is -4.81. The van der Waals surface area contributed by atoms with E-state index in [-0.39, 0.29) is 5.88 Å². The van der Waals surface area contributed by atoms with Gasteiger partial charge in [-0.3, -0.25) is 4.68 Å². The van der Waals surface area contributed by atoms with Crippen LogP contribution in [0.1, 0.15) is 32.0 Å². The normalized spacial score (nSPS) is 13.1. The lowest BCUT2D eigenvalue weighted by molar-refractivity contribution is -0.106. The van der Waals surface area contributed by atoms with Crippen molar-refractivity contribution in [1.82, 2.24) is 14.5 Å². The highest BCUT2D eigenvalue weighted by Crippen LogP contribution is 2.29. The zero-order valence-corrected chi connectivity index (χ0v) is 16.7. The predicted octanol–water partition coefficient (Wildman–Crippen LogP) is 4.03. The third-order valence-corrected chi connectivity index (χ3v) is 5.71. The summed E-state index contributed by atoms with van der Waals surface area (Å²) in [6, 6.07) is 8.77. The van der Waals surface area contributed by atoms with Crippen LogP contribution >= 0.6 is 11.6 Å². The molecule has 0 unspecified atom stereocenters. The van der Waals surface area contributed by atoms with Crippen molar-refractivity contribution in [3.8, 4) is 11.3 Å². The lowest BCUT2D eigenvalue weighted by Crippen LogP contribution is -2.44. The Labute approximate surface area is 161 Å². The van der Waals surface area contributed by atoms with Crippen LogP contribution in [0.2, 0.25) is 0 Å². The largest absolute Gasteiger partial charge is 0.404 e. The lowest BCUT2D eigenvalue weighted by atomic mass is 9.93. The van der Waals surface area contributed by atoms with Crippen LogP contribution < -0.4 is 4.72 Å². The number of hydrogen-bond acceptors (Lipinski definition) is 3. The van der Waals surface area contributed by atoms with Gasteiger partial charge in [0.2, 0.25) is 10.0 Å². The molecule has 0 aliphatic carbocycles. The fraction of sp³-hybridized carbons (Fsp3) is 0.471. The van der Waals surface area contributed by atoms with Gasteiger partial charge < -0.3 is 0 Å². The highest BCUT2D eigenvalue weighted by Gasteiger charge is 2.38. The van der Waals surface area contributed by atoms with Crippen molar-refractivity contribution in [3.05, 3.63) is 41.6 Å². The maximum absolute atomic E-state index is 12.5. The minimum Gasteiger partial charge on any atom is -0.265 e. The number of nitrogens with one attached hydrogen (secondary N) is 1. The van der Waals surface area contributed by atoms with Crippen LogP contribution in [-0.4, -0.2) is 30.1 Å². The van der Waals surface area contributed by atoms with E-state index < -0.39 is 27.5 Å². The van der Waals surface area contributed by atoms with Gasteiger partial charge in [-0.1, -0.05) is 18.2 Å². The summed E-state index contributed by atoms with van der Waals surface area (Å²) in [5.41, 5.74) is 1.56. The molecule has 2 rings (SSSR count). The van der Waals surface area contributed by atoms with Crippen LogP contribution in [0.25, 0.3) is 11.3 Å². The first-order valence-corrected chi connectivity index (χ1v) is 10.4. The third kappa shape index (κ3) is 5.70.